The standard InChI is InChI=1S/C21H31N3S/c1-16(8-6-9-17(2)13-15-23-24-20(22)25)11-12-19-18(3)10-7-14-21(19,4)5/h6,8-9,11-13,15H,7,10,14H2,1-5H3,(H3,22,24,25)/b9-6+,12-11+,16-8-,17-13+,23-15-. The fraction of sp³-hybridized carbons (Fsp3) is 0.429. The van der Waals surface area contributed by atoms with Crippen molar-refractivity contribution in [1.82, 2.24) is 5.43 Å². The molecule has 0 saturated carbocycles. The van der Waals surface area contributed by atoms with E-state index in [1.165, 1.54) is 36.0 Å². The number of hydrogen-bond acceptors (Lipinski definition) is 2. The van der Waals surface area contributed by atoms with E-state index in [-0.39, 0.29) is 10.5 Å². The van der Waals surface area contributed by atoms with Crippen LogP contribution in [0.1, 0.15) is 53.9 Å². The van der Waals surface area contributed by atoms with Crippen LogP contribution in [0.15, 0.2) is 63.8 Å². The first-order valence-electron chi connectivity index (χ1n) is 8.71. The van der Waals surface area contributed by atoms with Gasteiger partial charge >= 0.3 is 0 Å². The van der Waals surface area contributed by atoms with Gasteiger partial charge in [0, 0.05) is 6.21 Å². The second-order valence-electron chi connectivity index (χ2n) is 7.20. The number of hydrazone groups is 1. The minimum absolute atomic E-state index is 0.162. The van der Waals surface area contributed by atoms with Crippen molar-refractivity contribution in [1.29, 1.82) is 0 Å². The molecule has 0 atom stereocenters. The van der Waals surface area contributed by atoms with Crippen LogP contribution in [0.2, 0.25) is 0 Å². The molecule has 0 radical (unpaired) electrons. The number of nitrogens with two attached hydrogens (primary N) is 1. The number of hydrogen-bond donors (Lipinski definition) is 2. The Morgan fingerprint density at radius 2 is 1.88 bits per heavy atom. The first kappa shape index (κ1) is 21.1. The van der Waals surface area contributed by atoms with E-state index in [9.17, 15) is 0 Å². The Morgan fingerprint density at radius 1 is 1.20 bits per heavy atom. The minimum Gasteiger partial charge on any atom is -0.375 e. The Morgan fingerprint density at radius 3 is 2.52 bits per heavy atom. The van der Waals surface area contributed by atoms with Crippen LogP contribution in [0.25, 0.3) is 0 Å². The quantitative estimate of drug-likeness (QED) is 0.292. The molecule has 1 rings (SSSR count). The molecule has 0 unspecified atom stereocenters. The predicted molar refractivity (Wildman–Crippen MR) is 115 cm³/mol. The predicted octanol–water partition coefficient (Wildman–Crippen LogP) is 5.34. The monoisotopic (exact) mass is 357 g/mol. The number of allylic oxidation sites excluding steroid dienone is 10. The average molecular weight is 358 g/mol. The van der Waals surface area contributed by atoms with Gasteiger partial charge in [-0.15, -0.1) is 0 Å². The van der Waals surface area contributed by atoms with Crippen LogP contribution in [-0.2, 0) is 0 Å². The van der Waals surface area contributed by atoms with Gasteiger partial charge in [-0.25, -0.2) is 0 Å². The van der Waals surface area contributed by atoms with Gasteiger partial charge in [0.1, 0.15) is 0 Å². The summed E-state index contributed by atoms with van der Waals surface area (Å²) in [6, 6.07) is 0. The first-order chi connectivity index (χ1) is 11.7. The van der Waals surface area contributed by atoms with E-state index in [1.807, 2.05) is 25.2 Å². The zero-order chi connectivity index (χ0) is 18.9. The summed E-state index contributed by atoms with van der Waals surface area (Å²) in [5.41, 5.74) is 13.4. The molecule has 0 fully saturated rings. The molecule has 0 bridgehead atoms. The SMILES string of the molecule is CC1=C(/C=C/C(C)=C\C=C\C(C)=C\C=N/NC(N)=S)C(C)(C)CCC1. The van der Waals surface area contributed by atoms with Crippen LogP contribution in [0.3, 0.4) is 0 Å². The number of nitrogens with one attached hydrogen (secondary N) is 1. The highest BCUT2D eigenvalue weighted by atomic mass is 32.1. The van der Waals surface area contributed by atoms with E-state index in [2.05, 4.69) is 68.7 Å². The third-order valence-electron chi connectivity index (χ3n) is 4.36. The number of thiocarbonyl (C=S) groups is 1. The van der Waals surface area contributed by atoms with Crippen LogP contribution in [0, 0.1) is 5.41 Å². The maximum Gasteiger partial charge on any atom is 0.184 e. The second kappa shape index (κ2) is 10.1. The molecule has 3 nitrogen and oxygen atoms in total. The molecule has 136 valence electrons. The summed E-state index contributed by atoms with van der Waals surface area (Å²) in [4.78, 5) is 0. The summed E-state index contributed by atoms with van der Waals surface area (Å²) in [6.45, 7) is 11.1. The van der Waals surface area contributed by atoms with Crippen molar-refractivity contribution < 1.29 is 0 Å². The minimum atomic E-state index is 0.162. The topological polar surface area (TPSA) is 50.4 Å². The van der Waals surface area contributed by atoms with Crippen molar-refractivity contribution in [2.45, 2.75) is 53.9 Å². The Labute approximate surface area is 158 Å². The molecular formula is C21H31N3S. The molecule has 0 saturated heterocycles. The maximum atomic E-state index is 5.28. The summed E-state index contributed by atoms with van der Waals surface area (Å²) in [7, 11) is 0. The van der Waals surface area contributed by atoms with Crippen molar-refractivity contribution in [3.05, 3.63) is 58.7 Å². The van der Waals surface area contributed by atoms with E-state index in [0.717, 1.165) is 5.57 Å². The van der Waals surface area contributed by atoms with Crippen molar-refractivity contribution >= 4 is 23.5 Å². The molecule has 0 heterocycles. The van der Waals surface area contributed by atoms with Gasteiger partial charge in [0.2, 0.25) is 0 Å². The normalized spacial score (nSPS) is 19.4. The summed E-state index contributed by atoms with van der Waals surface area (Å²) in [5, 5.41) is 4.03. The van der Waals surface area contributed by atoms with E-state index in [0.29, 0.717) is 0 Å². The Bertz CT molecular complexity index is 659. The molecule has 1 aliphatic carbocycles. The molecule has 0 aromatic carbocycles. The fourth-order valence-corrected chi connectivity index (χ4v) is 3.00. The van der Waals surface area contributed by atoms with Crippen LogP contribution < -0.4 is 11.2 Å². The first-order valence-corrected chi connectivity index (χ1v) is 9.12. The zero-order valence-electron chi connectivity index (χ0n) is 16.1. The number of nitrogens with zero attached hydrogens (tertiary/aromatic N) is 1. The largest absolute Gasteiger partial charge is 0.375 e. The van der Waals surface area contributed by atoms with E-state index >= 15 is 0 Å². The van der Waals surface area contributed by atoms with Crippen molar-refractivity contribution in [2.75, 3.05) is 0 Å². The second-order valence-corrected chi connectivity index (χ2v) is 7.64. The smallest absolute Gasteiger partial charge is 0.184 e. The molecule has 1 aliphatic rings. The van der Waals surface area contributed by atoms with Gasteiger partial charge < -0.3 is 5.73 Å². The van der Waals surface area contributed by atoms with Crippen LogP contribution in [0.4, 0.5) is 0 Å². The van der Waals surface area contributed by atoms with Crippen LogP contribution >= 0.6 is 12.2 Å². The lowest BCUT2D eigenvalue weighted by molar-refractivity contribution is 0.377. The van der Waals surface area contributed by atoms with Gasteiger partial charge in [0.15, 0.2) is 5.11 Å². The van der Waals surface area contributed by atoms with Gasteiger partial charge in [0.25, 0.3) is 0 Å². The zero-order valence-corrected chi connectivity index (χ0v) is 16.9. The molecule has 0 aliphatic heterocycles. The Hall–Kier alpha value is -1.94. The summed E-state index contributed by atoms with van der Waals surface area (Å²) < 4.78 is 0. The number of rotatable bonds is 6. The highest BCUT2D eigenvalue weighted by Crippen LogP contribution is 2.40. The van der Waals surface area contributed by atoms with Crippen LogP contribution in [0.5, 0.6) is 0 Å². The van der Waals surface area contributed by atoms with Crippen molar-refractivity contribution in [3.63, 3.8) is 0 Å². The Balaban J connectivity index is 2.68. The third-order valence-corrected chi connectivity index (χ3v) is 4.45. The molecule has 0 aromatic rings. The molecule has 0 aromatic heterocycles. The van der Waals surface area contributed by atoms with Gasteiger partial charge in [-0.3, -0.25) is 5.43 Å². The highest BCUT2D eigenvalue weighted by Gasteiger charge is 2.26. The van der Waals surface area contributed by atoms with E-state index in [1.54, 1.807) is 6.21 Å². The maximum absolute atomic E-state index is 5.28. The van der Waals surface area contributed by atoms with Gasteiger partial charge in [-0.2, -0.15) is 5.10 Å². The third kappa shape index (κ3) is 8.12. The van der Waals surface area contributed by atoms with Gasteiger partial charge in [0.05, 0.1) is 0 Å². The molecule has 3 N–H and O–H groups in total. The molecular weight excluding hydrogens is 326 g/mol. The molecule has 0 spiro atoms. The lowest BCUT2D eigenvalue weighted by atomic mass is 9.72. The van der Waals surface area contributed by atoms with Crippen molar-refractivity contribution in [2.24, 2.45) is 16.3 Å². The lowest BCUT2D eigenvalue weighted by Gasteiger charge is -2.32. The average Bonchev–Trinajstić information content (AvgIpc) is 2.50. The van der Waals surface area contributed by atoms with Gasteiger partial charge in [-0.1, -0.05) is 55.4 Å². The van der Waals surface area contributed by atoms with Crippen molar-refractivity contribution in [3.8, 4) is 0 Å². The Kier molecular flexibility index (Phi) is 8.56. The molecule has 0 amide bonds. The van der Waals surface area contributed by atoms with E-state index in [4.69, 9.17) is 5.73 Å². The summed E-state index contributed by atoms with van der Waals surface area (Å²) in [6.07, 6.45) is 18.0. The molecule has 4 heteroatoms. The molecule has 25 heavy (non-hydrogen) atoms. The van der Waals surface area contributed by atoms with Crippen LogP contribution in [-0.4, -0.2) is 11.3 Å². The summed E-state index contributed by atoms with van der Waals surface area (Å²) in [5.74, 6) is 0. The highest BCUT2D eigenvalue weighted by molar-refractivity contribution is 7.80. The fourth-order valence-electron chi connectivity index (χ4n) is 2.94. The van der Waals surface area contributed by atoms with Gasteiger partial charge in [-0.05, 0) is 74.9 Å². The lowest BCUT2D eigenvalue weighted by Crippen LogP contribution is -2.23. The van der Waals surface area contributed by atoms with E-state index < -0.39 is 0 Å². The summed E-state index contributed by atoms with van der Waals surface area (Å²) >= 11 is 4.67.